The van der Waals surface area contributed by atoms with Crippen LogP contribution in [-0.4, -0.2) is 9.97 Å². The maximum absolute atomic E-state index is 5.50. The first-order valence-corrected chi connectivity index (χ1v) is 5.59. The average Bonchev–Trinajstić information content (AvgIpc) is 2.93. The van der Waals surface area contributed by atoms with Gasteiger partial charge in [0.25, 0.3) is 6.01 Å². The van der Waals surface area contributed by atoms with Crippen LogP contribution in [0.3, 0.4) is 0 Å². The SMILES string of the molecule is CCc1ccc2[nH]cc(-c3coc(N)n3)c2c1. The number of nitrogens with two attached hydrogens (primary N) is 1. The Morgan fingerprint density at radius 3 is 3.00 bits per heavy atom. The van der Waals surface area contributed by atoms with Crippen molar-refractivity contribution in [3.05, 3.63) is 36.2 Å². The molecule has 0 atom stereocenters. The second kappa shape index (κ2) is 3.66. The lowest BCUT2D eigenvalue weighted by molar-refractivity contribution is 0.581. The largest absolute Gasteiger partial charge is 0.432 e. The van der Waals surface area contributed by atoms with Gasteiger partial charge in [0.2, 0.25) is 0 Å². The first-order valence-electron chi connectivity index (χ1n) is 5.59. The molecule has 86 valence electrons. The fourth-order valence-corrected chi connectivity index (χ4v) is 2.01. The van der Waals surface area contributed by atoms with Crippen LogP contribution in [0.5, 0.6) is 0 Å². The van der Waals surface area contributed by atoms with Gasteiger partial charge in [-0.05, 0) is 24.1 Å². The van der Waals surface area contributed by atoms with E-state index in [0.717, 1.165) is 28.6 Å². The van der Waals surface area contributed by atoms with Gasteiger partial charge in [-0.1, -0.05) is 13.0 Å². The summed E-state index contributed by atoms with van der Waals surface area (Å²) < 4.78 is 5.05. The van der Waals surface area contributed by atoms with Crippen molar-refractivity contribution in [3.8, 4) is 11.3 Å². The molecule has 0 saturated carbocycles. The highest BCUT2D eigenvalue weighted by Crippen LogP contribution is 2.29. The van der Waals surface area contributed by atoms with E-state index in [0.29, 0.717) is 0 Å². The van der Waals surface area contributed by atoms with E-state index in [4.69, 9.17) is 10.2 Å². The second-order valence-electron chi connectivity index (χ2n) is 4.01. The molecular formula is C13H13N3O. The molecule has 0 amide bonds. The van der Waals surface area contributed by atoms with Crippen LogP contribution in [0.2, 0.25) is 0 Å². The van der Waals surface area contributed by atoms with E-state index in [1.54, 1.807) is 6.26 Å². The van der Waals surface area contributed by atoms with Crippen molar-refractivity contribution >= 4 is 16.9 Å². The molecule has 0 aliphatic rings. The van der Waals surface area contributed by atoms with E-state index in [2.05, 4.69) is 35.1 Å². The Hall–Kier alpha value is -2.23. The molecule has 4 heteroatoms. The maximum atomic E-state index is 5.50. The lowest BCUT2D eigenvalue weighted by atomic mass is 10.1. The third-order valence-electron chi connectivity index (χ3n) is 2.95. The van der Waals surface area contributed by atoms with Gasteiger partial charge in [-0.15, -0.1) is 0 Å². The molecule has 0 saturated heterocycles. The van der Waals surface area contributed by atoms with Gasteiger partial charge >= 0.3 is 0 Å². The fraction of sp³-hybridized carbons (Fsp3) is 0.154. The highest BCUT2D eigenvalue weighted by Gasteiger charge is 2.10. The normalized spacial score (nSPS) is 11.1. The summed E-state index contributed by atoms with van der Waals surface area (Å²) >= 11 is 0. The number of oxazole rings is 1. The molecule has 3 aromatic rings. The number of nitrogen functional groups attached to an aromatic ring is 1. The van der Waals surface area contributed by atoms with E-state index in [9.17, 15) is 0 Å². The zero-order chi connectivity index (χ0) is 11.8. The van der Waals surface area contributed by atoms with E-state index in [-0.39, 0.29) is 6.01 Å². The molecule has 3 rings (SSSR count). The van der Waals surface area contributed by atoms with Gasteiger partial charge in [-0.25, -0.2) is 0 Å². The van der Waals surface area contributed by atoms with Crippen molar-refractivity contribution in [1.82, 2.24) is 9.97 Å². The van der Waals surface area contributed by atoms with Crippen molar-refractivity contribution < 1.29 is 4.42 Å². The van der Waals surface area contributed by atoms with Gasteiger partial charge < -0.3 is 15.1 Å². The van der Waals surface area contributed by atoms with Crippen molar-refractivity contribution in [2.75, 3.05) is 5.73 Å². The monoisotopic (exact) mass is 227 g/mol. The number of rotatable bonds is 2. The standard InChI is InChI=1S/C13H13N3O/c1-2-8-3-4-11-9(5-8)10(6-15-11)12-7-17-13(14)16-12/h3-7,15H,2H2,1H3,(H2,14,16). The maximum Gasteiger partial charge on any atom is 0.292 e. The predicted octanol–water partition coefficient (Wildman–Crippen LogP) is 2.97. The summed E-state index contributed by atoms with van der Waals surface area (Å²) in [4.78, 5) is 7.37. The van der Waals surface area contributed by atoms with Gasteiger partial charge in [0.1, 0.15) is 12.0 Å². The van der Waals surface area contributed by atoms with Crippen LogP contribution in [0.4, 0.5) is 6.01 Å². The Morgan fingerprint density at radius 1 is 1.41 bits per heavy atom. The number of aryl methyl sites for hydroxylation is 1. The molecule has 0 unspecified atom stereocenters. The lowest BCUT2D eigenvalue weighted by Gasteiger charge is -1.98. The number of hydrogen-bond acceptors (Lipinski definition) is 3. The summed E-state index contributed by atoms with van der Waals surface area (Å²) in [6, 6.07) is 6.58. The van der Waals surface area contributed by atoms with Gasteiger partial charge in [0, 0.05) is 22.7 Å². The Kier molecular flexibility index (Phi) is 2.14. The highest BCUT2D eigenvalue weighted by molar-refractivity contribution is 5.94. The first kappa shape index (κ1) is 9.96. The van der Waals surface area contributed by atoms with Crippen molar-refractivity contribution in [2.45, 2.75) is 13.3 Å². The van der Waals surface area contributed by atoms with Crippen molar-refractivity contribution in [2.24, 2.45) is 0 Å². The van der Waals surface area contributed by atoms with Gasteiger partial charge in [0.05, 0.1) is 0 Å². The van der Waals surface area contributed by atoms with Gasteiger partial charge in [0.15, 0.2) is 0 Å². The van der Waals surface area contributed by atoms with Gasteiger partial charge in [-0.2, -0.15) is 4.98 Å². The Labute approximate surface area is 98.5 Å². The molecule has 17 heavy (non-hydrogen) atoms. The van der Waals surface area contributed by atoms with E-state index in [1.165, 1.54) is 5.56 Å². The predicted molar refractivity (Wildman–Crippen MR) is 67.6 cm³/mol. The molecule has 0 aliphatic heterocycles. The summed E-state index contributed by atoms with van der Waals surface area (Å²) in [6.07, 6.45) is 4.53. The smallest absolute Gasteiger partial charge is 0.292 e. The zero-order valence-electron chi connectivity index (χ0n) is 9.53. The third kappa shape index (κ3) is 1.58. The molecule has 0 spiro atoms. The Balaban J connectivity index is 2.22. The number of H-pyrrole nitrogens is 1. The van der Waals surface area contributed by atoms with E-state index in [1.807, 2.05) is 6.20 Å². The summed E-state index contributed by atoms with van der Waals surface area (Å²) in [7, 11) is 0. The Bertz CT molecular complexity index is 666. The van der Waals surface area contributed by atoms with Crippen LogP contribution in [0.1, 0.15) is 12.5 Å². The van der Waals surface area contributed by atoms with Crippen LogP contribution in [0.15, 0.2) is 35.1 Å². The topological polar surface area (TPSA) is 67.8 Å². The number of anilines is 1. The van der Waals surface area contributed by atoms with Crippen molar-refractivity contribution in [1.29, 1.82) is 0 Å². The Morgan fingerprint density at radius 2 is 2.29 bits per heavy atom. The first-order chi connectivity index (χ1) is 8.28. The molecule has 2 aromatic heterocycles. The summed E-state index contributed by atoms with van der Waals surface area (Å²) in [5, 5.41) is 1.15. The molecular weight excluding hydrogens is 214 g/mol. The van der Waals surface area contributed by atoms with Crippen LogP contribution < -0.4 is 5.73 Å². The van der Waals surface area contributed by atoms with Crippen molar-refractivity contribution in [3.63, 3.8) is 0 Å². The number of hydrogen-bond donors (Lipinski definition) is 2. The number of aromatic amines is 1. The zero-order valence-corrected chi connectivity index (χ0v) is 9.53. The molecule has 2 heterocycles. The number of nitrogens with zero attached hydrogens (tertiary/aromatic N) is 1. The minimum Gasteiger partial charge on any atom is -0.432 e. The molecule has 0 fully saturated rings. The quantitative estimate of drug-likeness (QED) is 0.707. The fourth-order valence-electron chi connectivity index (χ4n) is 2.01. The lowest BCUT2D eigenvalue weighted by Crippen LogP contribution is -1.83. The minimum absolute atomic E-state index is 0.195. The molecule has 1 aromatic carbocycles. The van der Waals surface area contributed by atoms with E-state index >= 15 is 0 Å². The summed E-state index contributed by atoms with van der Waals surface area (Å²) in [6.45, 7) is 2.14. The van der Waals surface area contributed by atoms with Crippen LogP contribution in [0, 0.1) is 0 Å². The van der Waals surface area contributed by atoms with Crippen LogP contribution in [-0.2, 0) is 6.42 Å². The summed E-state index contributed by atoms with van der Waals surface area (Å²) in [5.74, 6) is 0. The van der Waals surface area contributed by atoms with Crippen LogP contribution in [0.25, 0.3) is 22.2 Å². The third-order valence-corrected chi connectivity index (χ3v) is 2.95. The van der Waals surface area contributed by atoms with Gasteiger partial charge in [-0.3, -0.25) is 0 Å². The minimum atomic E-state index is 0.195. The summed E-state index contributed by atoms with van der Waals surface area (Å²) in [5.41, 5.74) is 9.68. The average molecular weight is 227 g/mol. The molecule has 0 radical (unpaired) electrons. The van der Waals surface area contributed by atoms with Crippen LogP contribution >= 0.6 is 0 Å². The van der Waals surface area contributed by atoms with E-state index < -0.39 is 0 Å². The molecule has 0 bridgehead atoms. The number of fused-ring (bicyclic) bond motifs is 1. The molecule has 0 aliphatic carbocycles. The molecule has 3 N–H and O–H groups in total. The number of benzene rings is 1. The highest BCUT2D eigenvalue weighted by atomic mass is 16.4. The molecule has 4 nitrogen and oxygen atoms in total. The number of nitrogens with one attached hydrogen (secondary N) is 1. The number of aromatic nitrogens is 2. The second-order valence-corrected chi connectivity index (χ2v) is 4.01.